The van der Waals surface area contributed by atoms with Gasteiger partial charge < -0.3 is 10.1 Å². The second-order valence-corrected chi connectivity index (χ2v) is 4.55. The Balaban J connectivity index is 3.10. The number of carbonyl (C=O) groups is 1. The van der Waals surface area contributed by atoms with Crippen molar-refractivity contribution in [1.29, 1.82) is 0 Å². The Labute approximate surface area is 87.5 Å². The number of aromatic amines is 1. The Morgan fingerprint density at radius 2 is 2.00 bits per heavy atom. The third-order valence-corrected chi connectivity index (χ3v) is 2.34. The van der Waals surface area contributed by atoms with Gasteiger partial charge in [-0.25, -0.2) is 9.37 Å². The minimum Gasteiger partial charge on any atom is -0.481 e. The predicted octanol–water partition coefficient (Wildman–Crippen LogP) is 1.98. The zero-order chi connectivity index (χ0) is 11.9. The van der Waals surface area contributed by atoms with Crippen LogP contribution in [0.1, 0.15) is 39.2 Å². The van der Waals surface area contributed by atoms with E-state index in [0.29, 0.717) is 0 Å². The number of carboxylic acids is 1. The highest BCUT2D eigenvalue weighted by Gasteiger charge is 2.34. The lowest BCUT2D eigenvalue weighted by Crippen LogP contribution is -2.30. The van der Waals surface area contributed by atoms with Gasteiger partial charge in [0, 0.05) is 0 Å². The van der Waals surface area contributed by atoms with Crippen molar-refractivity contribution in [2.45, 2.75) is 38.8 Å². The molecule has 0 saturated carbocycles. The number of imidazole rings is 1. The molecule has 1 aromatic rings. The second-order valence-electron chi connectivity index (χ2n) is 4.55. The van der Waals surface area contributed by atoms with Crippen LogP contribution in [0.2, 0.25) is 0 Å². The van der Waals surface area contributed by atoms with Crippen molar-refractivity contribution in [3.8, 4) is 0 Å². The summed E-state index contributed by atoms with van der Waals surface area (Å²) in [6.45, 7) is 5.81. The normalized spacial score (nSPS) is 12.9. The zero-order valence-electron chi connectivity index (χ0n) is 9.26. The van der Waals surface area contributed by atoms with E-state index in [2.05, 4.69) is 9.97 Å². The number of H-pyrrole nitrogens is 1. The standard InChI is InChI=1S/C10H15FN2O2/c1-9(2,8(14)15)7-12-5-6(13-7)10(3,4)11/h5H,1-4H3,(H,12,13)(H,14,15). The Hall–Kier alpha value is -1.39. The first-order chi connectivity index (χ1) is 6.65. The topological polar surface area (TPSA) is 66.0 Å². The molecule has 0 aliphatic heterocycles. The summed E-state index contributed by atoms with van der Waals surface area (Å²) in [6, 6.07) is 0. The maximum atomic E-state index is 13.5. The minimum absolute atomic E-state index is 0.260. The zero-order valence-corrected chi connectivity index (χ0v) is 9.26. The first-order valence-electron chi connectivity index (χ1n) is 4.64. The van der Waals surface area contributed by atoms with Gasteiger partial charge in [0.25, 0.3) is 0 Å². The molecule has 5 heteroatoms. The van der Waals surface area contributed by atoms with Crippen molar-refractivity contribution in [2.75, 3.05) is 0 Å². The molecular formula is C10H15FN2O2. The summed E-state index contributed by atoms with van der Waals surface area (Å²) < 4.78 is 13.5. The molecule has 0 saturated heterocycles. The third-order valence-electron chi connectivity index (χ3n) is 2.34. The van der Waals surface area contributed by atoms with Crippen LogP contribution in [0.5, 0.6) is 0 Å². The maximum Gasteiger partial charge on any atom is 0.316 e. The molecule has 0 atom stereocenters. The molecule has 1 rings (SSSR count). The lowest BCUT2D eigenvalue weighted by Gasteiger charge is -2.16. The highest BCUT2D eigenvalue weighted by atomic mass is 19.1. The van der Waals surface area contributed by atoms with Gasteiger partial charge in [-0.3, -0.25) is 4.79 Å². The number of nitrogens with zero attached hydrogens (tertiary/aromatic N) is 1. The fraction of sp³-hybridized carbons (Fsp3) is 0.600. The molecule has 0 fully saturated rings. The molecule has 1 aromatic heterocycles. The molecule has 0 bridgehead atoms. The summed E-state index contributed by atoms with van der Waals surface area (Å²) in [5, 5.41) is 8.95. The Bertz CT molecular complexity index is 377. The summed E-state index contributed by atoms with van der Waals surface area (Å²) in [6.07, 6.45) is 1.33. The van der Waals surface area contributed by atoms with Crippen LogP contribution in [0.15, 0.2) is 6.20 Å². The van der Waals surface area contributed by atoms with E-state index in [0.717, 1.165) is 0 Å². The Morgan fingerprint density at radius 1 is 1.47 bits per heavy atom. The van der Waals surface area contributed by atoms with Gasteiger partial charge in [-0.2, -0.15) is 0 Å². The van der Waals surface area contributed by atoms with Crippen molar-refractivity contribution >= 4 is 5.97 Å². The van der Waals surface area contributed by atoms with Gasteiger partial charge in [0.2, 0.25) is 0 Å². The van der Waals surface area contributed by atoms with Crippen LogP contribution in [-0.2, 0) is 15.9 Å². The summed E-state index contributed by atoms with van der Waals surface area (Å²) >= 11 is 0. The van der Waals surface area contributed by atoms with Crippen LogP contribution >= 0.6 is 0 Å². The number of rotatable bonds is 3. The van der Waals surface area contributed by atoms with E-state index in [1.54, 1.807) is 0 Å². The van der Waals surface area contributed by atoms with Gasteiger partial charge in [0.15, 0.2) is 0 Å². The smallest absolute Gasteiger partial charge is 0.316 e. The summed E-state index contributed by atoms with van der Waals surface area (Å²) in [5.41, 5.74) is -2.39. The minimum atomic E-state index is -1.54. The number of alkyl halides is 1. The van der Waals surface area contributed by atoms with Crippen molar-refractivity contribution in [3.63, 3.8) is 0 Å². The molecular weight excluding hydrogens is 199 g/mol. The van der Waals surface area contributed by atoms with Gasteiger partial charge in [0.05, 0.1) is 11.9 Å². The van der Waals surface area contributed by atoms with Crippen LogP contribution in [0.25, 0.3) is 0 Å². The summed E-state index contributed by atoms with van der Waals surface area (Å²) in [4.78, 5) is 17.5. The first kappa shape index (κ1) is 11.7. The molecule has 15 heavy (non-hydrogen) atoms. The molecule has 4 nitrogen and oxygen atoms in total. The fourth-order valence-electron chi connectivity index (χ4n) is 1.04. The lowest BCUT2D eigenvalue weighted by atomic mass is 9.93. The van der Waals surface area contributed by atoms with Crippen molar-refractivity contribution in [2.24, 2.45) is 0 Å². The van der Waals surface area contributed by atoms with Gasteiger partial charge in [-0.1, -0.05) is 0 Å². The summed E-state index contributed by atoms with van der Waals surface area (Å²) in [5.74, 6) is -0.740. The summed E-state index contributed by atoms with van der Waals surface area (Å²) in [7, 11) is 0. The number of aliphatic carboxylic acids is 1. The molecule has 0 spiro atoms. The molecule has 0 aliphatic carbocycles. The number of halogens is 1. The third kappa shape index (κ3) is 2.16. The molecule has 0 aromatic carbocycles. The van der Waals surface area contributed by atoms with Crippen LogP contribution in [0.3, 0.4) is 0 Å². The van der Waals surface area contributed by atoms with Crippen LogP contribution in [-0.4, -0.2) is 21.0 Å². The van der Waals surface area contributed by atoms with E-state index in [4.69, 9.17) is 5.11 Å². The van der Waals surface area contributed by atoms with Crippen molar-refractivity contribution in [1.82, 2.24) is 9.97 Å². The second kappa shape index (κ2) is 3.32. The van der Waals surface area contributed by atoms with Crippen molar-refractivity contribution < 1.29 is 14.3 Å². The number of hydrogen-bond acceptors (Lipinski definition) is 2. The highest BCUT2D eigenvalue weighted by molar-refractivity contribution is 5.78. The molecule has 84 valence electrons. The predicted molar refractivity (Wildman–Crippen MR) is 53.4 cm³/mol. The number of nitrogens with one attached hydrogen (secondary N) is 1. The SMILES string of the molecule is CC(C)(F)c1cnc(C(C)(C)C(=O)O)[nH]1. The number of aromatic nitrogens is 2. The quantitative estimate of drug-likeness (QED) is 0.808. The van der Waals surface area contributed by atoms with Crippen LogP contribution in [0.4, 0.5) is 4.39 Å². The van der Waals surface area contributed by atoms with Crippen LogP contribution < -0.4 is 0 Å². The molecule has 0 aliphatic rings. The fourth-order valence-corrected chi connectivity index (χ4v) is 1.04. The van der Waals surface area contributed by atoms with Gasteiger partial charge >= 0.3 is 5.97 Å². The van der Waals surface area contributed by atoms with E-state index in [-0.39, 0.29) is 11.5 Å². The van der Waals surface area contributed by atoms with Gasteiger partial charge in [-0.15, -0.1) is 0 Å². The molecule has 0 unspecified atom stereocenters. The average Bonchev–Trinajstić information content (AvgIpc) is 2.50. The van der Waals surface area contributed by atoms with Gasteiger partial charge in [0.1, 0.15) is 16.9 Å². The number of hydrogen-bond donors (Lipinski definition) is 2. The average molecular weight is 214 g/mol. The molecule has 1 heterocycles. The Kier molecular flexibility index (Phi) is 2.59. The molecule has 0 radical (unpaired) electrons. The van der Waals surface area contributed by atoms with E-state index in [1.165, 1.54) is 33.9 Å². The lowest BCUT2D eigenvalue weighted by molar-refractivity contribution is -0.142. The van der Waals surface area contributed by atoms with E-state index >= 15 is 0 Å². The largest absolute Gasteiger partial charge is 0.481 e. The first-order valence-corrected chi connectivity index (χ1v) is 4.64. The van der Waals surface area contributed by atoms with Crippen molar-refractivity contribution in [3.05, 3.63) is 17.7 Å². The Morgan fingerprint density at radius 3 is 2.33 bits per heavy atom. The monoisotopic (exact) mass is 214 g/mol. The highest BCUT2D eigenvalue weighted by Crippen LogP contribution is 2.26. The molecule has 2 N–H and O–H groups in total. The maximum absolute atomic E-state index is 13.5. The number of carboxylic acid groups (broad SMARTS) is 1. The van der Waals surface area contributed by atoms with E-state index in [9.17, 15) is 9.18 Å². The van der Waals surface area contributed by atoms with Gasteiger partial charge in [-0.05, 0) is 27.7 Å². The van der Waals surface area contributed by atoms with Crippen LogP contribution in [0, 0.1) is 0 Å². The van der Waals surface area contributed by atoms with E-state index < -0.39 is 17.1 Å². The molecule has 0 amide bonds. The van der Waals surface area contributed by atoms with E-state index in [1.807, 2.05) is 0 Å².